The van der Waals surface area contributed by atoms with Crippen LogP contribution in [0.1, 0.15) is 18.1 Å². The highest BCUT2D eigenvalue weighted by molar-refractivity contribution is 6.32. The van der Waals surface area contributed by atoms with Crippen molar-refractivity contribution >= 4 is 23.2 Å². The fourth-order valence-electron chi connectivity index (χ4n) is 1.47. The number of rotatable bonds is 4. The van der Waals surface area contributed by atoms with Crippen LogP contribution >= 0.6 is 11.6 Å². The van der Waals surface area contributed by atoms with Crippen molar-refractivity contribution in [1.29, 1.82) is 0 Å². The number of halogens is 1. The van der Waals surface area contributed by atoms with E-state index in [9.17, 15) is 14.9 Å². The third kappa shape index (κ3) is 2.70. The summed E-state index contributed by atoms with van der Waals surface area (Å²) in [6.07, 6.45) is 0.626. The first-order valence-corrected chi connectivity index (χ1v) is 5.07. The molecule has 0 radical (unpaired) electrons. The number of nitro benzene ring substituents is 1. The molecular formula is C10H11ClN2O3. The molecule has 1 aromatic rings. The van der Waals surface area contributed by atoms with Crippen molar-refractivity contribution in [3.8, 4) is 0 Å². The molecule has 1 aromatic carbocycles. The summed E-state index contributed by atoms with van der Waals surface area (Å²) >= 11 is 5.74. The Hall–Kier alpha value is -1.62. The van der Waals surface area contributed by atoms with E-state index in [2.05, 4.69) is 0 Å². The van der Waals surface area contributed by atoms with E-state index in [4.69, 9.17) is 17.3 Å². The third-order valence-electron chi connectivity index (χ3n) is 2.21. The van der Waals surface area contributed by atoms with Crippen LogP contribution in [0.4, 0.5) is 5.69 Å². The van der Waals surface area contributed by atoms with Crippen molar-refractivity contribution in [2.45, 2.75) is 19.8 Å². The largest absolute Gasteiger partial charge is 0.369 e. The van der Waals surface area contributed by atoms with E-state index >= 15 is 0 Å². The number of hydrogen-bond donors (Lipinski definition) is 1. The van der Waals surface area contributed by atoms with Gasteiger partial charge >= 0.3 is 0 Å². The van der Waals surface area contributed by atoms with Gasteiger partial charge in [0.25, 0.3) is 5.69 Å². The van der Waals surface area contributed by atoms with Crippen LogP contribution in [-0.4, -0.2) is 10.8 Å². The highest BCUT2D eigenvalue weighted by Gasteiger charge is 2.16. The van der Waals surface area contributed by atoms with Crippen LogP contribution in [0.25, 0.3) is 0 Å². The number of carbonyl (C=O) groups is 1. The molecule has 16 heavy (non-hydrogen) atoms. The zero-order valence-corrected chi connectivity index (χ0v) is 9.45. The number of benzene rings is 1. The van der Waals surface area contributed by atoms with Crippen LogP contribution in [0.5, 0.6) is 0 Å². The lowest BCUT2D eigenvalue weighted by molar-refractivity contribution is -0.384. The minimum atomic E-state index is -0.546. The molecule has 5 nitrogen and oxygen atoms in total. The topological polar surface area (TPSA) is 86.2 Å². The Bertz CT molecular complexity index is 446. The molecule has 0 bridgehead atoms. The van der Waals surface area contributed by atoms with Gasteiger partial charge in [0, 0.05) is 6.07 Å². The standard InChI is InChI=1S/C10H11ClN2O3/c1-2-6-4-9(13(15)16)8(11)3-7(6)5-10(12)14/h3-4H,2,5H2,1H3,(H2,12,14). The van der Waals surface area contributed by atoms with Gasteiger partial charge < -0.3 is 5.73 Å². The Morgan fingerprint density at radius 1 is 1.50 bits per heavy atom. The number of hydrogen-bond acceptors (Lipinski definition) is 3. The summed E-state index contributed by atoms with van der Waals surface area (Å²) in [5.74, 6) is -0.486. The first-order valence-electron chi connectivity index (χ1n) is 4.69. The Labute approximate surface area is 97.3 Å². The minimum Gasteiger partial charge on any atom is -0.369 e. The maximum absolute atomic E-state index is 10.8. The summed E-state index contributed by atoms with van der Waals surface area (Å²) in [6.45, 7) is 1.84. The summed E-state index contributed by atoms with van der Waals surface area (Å²) in [7, 11) is 0. The quantitative estimate of drug-likeness (QED) is 0.646. The highest BCUT2D eigenvalue weighted by Crippen LogP contribution is 2.28. The summed E-state index contributed by atoms with van der Waals surface area (Å²) in [5.41, 5.74) is 6.30. The van der Waals surface area contributed by atoms with E-state index in [1.807, 2.05) is 6.92 Å². The fraction of sp³-hybridized carbons (Fsp3) is 0.300. The van der Waals surface area contributed by atoms with Crippen LogP contribution < -0.4 is 5.73 Å². The van der Waals surface area contributed by atoms with Crippen molar-refractivity contribution in [1.82, 2.24) is 0 Å². The minimum absolute atomic E-state index is 0.0263. The van der Waals surface area contributed by atoms with Crippen molar-refractivity contribution in [2.24, 2.45) is 5.73 Å². The first kappa shape index (κ1) is 12.4. The van der Waals surface area contributed by atoms with E-state index < -0.39 is 10.8 Å². The average molecular weight is 243 g/mol. The summed E-state index contributed by atoms with van der Waals surface area (Å²) in [6, 6.07) is 2.82. The summed E-state index contributed by atoms with van der Waals surface area (Å²) in [5, 5.41) is 10.7. The second kappa shape index (κ2) is 4.94. The molecule has 0 fully saturated rings. The van der Waals surface area contributed by atoms with E-state index in [1.165, 1.54) is 12.1 Å². The van der Waals surface area contributed by atoms with Crippen LogP contribution in [0, 0.1) is 10.1 Å². The Kier molecular flexibility index (Phi) is 3.84. The summed E-state index contributed by atoms with van der Waals surface area (Å²) in [4.78, 5) is 20.9. The number of nitro groups is 1. The zero-order valence-electron chi connectivity index (χ0n) is 8.70. The number of aryl methyl sites for hydroxylation is 1. The average Bonchev–Trinajstić information content (AvgIpc) is 2.16. The van der Waals surface area contributed by atoms with Gasteiger partial charge in [0.15, 0.2) is 0 Å². The number of nitrogens with two attached hydrogens (primary N) is 1. The maximum Gasteiger partial charge on any atom is 0.288 e. The number of nitrogens with zero attached hydrogens (tertiary/aromatic N) is 1. The Balaban J connectivity index is 3.26. The lowest BCUT2D eigenvalue weighted by Crippen LogP contribution is -2.15. The second-order valence-corrected chi connectivity index (χ2v) is 3.73. The molecule has 1 amide bonds. The molecular weight excluding hydrogens is 232 g/mol. The molecule has 0 aromatic heterocycles. The van der Waals surface area contributed by atoms with Crippen molar-refractivity contribution in [3.05, 3.63) is 38.4 Å². The second-order valence-electron chi connectivity index (χ2n) is 3.33. The van der Waals surface area contributed by atoms with Gasteiger partial charge in [0.05, 0.1) is 11.3 Å². The molecule has 0 heterocycles. The molecule has 0 spiro atoms. The van der Waals surface area contributed by atoms with Crippen LogP contribution in [-0.2, 0) is 17.6 Å². The fourth-order valence-corrected chi connectivity index (χ4v) is 1.72. The van der Waals surface area contributed by atoms with Gasteiger partial charge in [-0.2, -0.15) is 0 Å². The van der Waals surface area contributed by atoms with E-state index in [-0.39, 0.29) is 17.1 Å². The van der Waals surface area contributed by atoms with E-state index in [0.717, 1.165) is 5.56 Å². The molecule has 1 rings (SSSR count). The molecule has 0 unspecified atom stereocenters. The van der Waals surface area contributed by atoms with Crippen LogP contribution in [0.3, 0.4) is 0 Å². The predicted molar refractivity (Wildman–Crippen MR) is 60.4 cm³/mol. The van der Waals surface area contributed by atoms with Crippen LogP contribution in [0.15, 0.2) is 12.1 Å². The summed E-state index contributed by atoms with van der Waals surface area (Å²) < 4.78 is 0. The predicted octanol–water partition coefficient (Wildman–Crippen LogP) is 1.84. The molecule has 86 valence electrons. The zero-order chi connectivity index (χ0) is 12.3. The van der Waals surface area contributed by atoms with Gasteiger partial charge in [-0.3, -0.25) is 14.9 Å². The molecule has 0 aliphatic heterocycles. The molecule has 0 aliphatic carbocycles. The highest BCUT2D eigenvalue weighted by atomic mass is 35.5. The van der Waals surface area contributed by atoms with Crippen LogP contribution in [0.2, 0.25) is 5.02 Å². The monoisotopic (exact) mass is 242 g/mol. The van der Waals surface area contributed by atoms with E-state index in [0.29, 0.717) is 12.0 Å². The van der Waals surface area contributed by atoms with Gasteiger partial charge in [-0.15, -0.1) is 0 Å². The smallest absolute Gasteiger partial charge is 0.288 e. The van der Waals surface area contributed by atoms with Crippen molar-refractivity contribution < 1.29 is 9.72 Å². The molecule has 2 N–H and O–H groups in total. The number of carbonyl (C=O) groups excluding carboxylic acids is 1. The molecule has 0 aliphatic rings. The maximum atomic E-state index is 10.8. The number of amides is 1. The van der Waals surface area contributed by atoms with Gasteiger partial charge in [0.2, 0.25) is 5.91 Å². The molecule has 0 atom stereocenters. The Morgan fingerprint density at radius 3 is 2.56 bits per heavy atom. The Morgan fingerprint density at radius 2 is 2.12 bits per heavy atom. The van der Waals surface area contributed by atoms with Gasteiger partial charge in [-0.1, -0.05) is 18.5 Å². The third-order valence-corrected chi connectivity index (χ3v) is 2.51. The molecule has 0 saturated carbocycles. The number of primary amides is 1. The SMILES string of the molecule is CCc1cc([N+](=O)[O-])c(Cl)cc1CC(N)=O. The van der Waals surface area contributed by atoms with Gasteiger partial charge in [-0.25, -0.2) is 0 Å². The molecule has 0 saturated heterocycles. The molecule has 6 heteroatoms. The first-order chi connectivity index (χ1) is 7.45. The van der Waals surface area contributed by atoms with Crippen molar-refractivity contribution in [2.75, 3.05) is 0 Å². The van der Waals surface area contributed by atoms with Gasteiger partial charge in [0.1, 0.15) is 5.02 Å². The van der Waals surface area contributed by atoms with Crippen molar-refractivity contribution in [3.63, 3.8) is 0 Å². The lowest BCUT2D eigenvalue weighted by atomic mass is 10.0. The van der Waals surface area contributed by atoms with Gasteiger partial charge in [-0.05, 0) is 23.6 Å². The van der Waals surface area contributed by atoms with E-state index in [1.54, 1.807) is 0 Å². The normalized spacial score (nSPS) is 10.1. The lowest BCUT2D eigenvalue weighted by Gasteiger charge is -2.07.